The minimum atomic E-state index is -0.0508. The summed E-state index contributed by atoms with van der Waals surface area (Å²) >= 11 is 0. The first-order valence-corrected chi connectivity index (χ1v) is 7.01. The second-order valence-corrected chi connectivity index (χ2v) is 6.02. The van der Waals surface area contributed by atoms with E-state index in [0.717, 1.165) is 25.3 Å². The number of hydrogen-bond acceptors (Lipinski definition) is 3. The van der Waals surface area contributed by atoms with E-state index >= 15 is 0 Å². The lowest BCUT2D eigenvalue weighted by Gasteiger charge is -2.44. The molecule has 0 spiro atoms. The summed E-state index contributed by atoms with van der Waals surface area (Å²) in [7, 11) is 1.78. The predicted octanol–water partition coefficient (Wildman–Crippen LogP) is 2.95. The molecule has 1 saturated heterocycles. The molecule has 1 aliphatic heterocycles. The highest BCUT2D eigenvalue weighted by molar-refractivity contribution is 5.21. The average Bonchev–Trinajstić information content (AvgIpc) is 2.34. The number of methoxy groups -OCH3 is 1. The molecule has 0 aromatic heterocycles. The van der Waals surface area contributed by atoms with Gasteiger partial charge in [0, 0.05) is 26.2 Å². The van der Waals surface area contributed by atoms with Crippen molar-refractivity contribution >= 4 is 0 Å². The smallest absolute Gasteiger partial charge is 0.124 e. The van der Waals surface area contributed by atoms with Crippen LogP contribution in [0.3, 0.4) is 0 Å². The lowest BCUT2D eigenvalue weighted by atomic mass is 9.96. The van der Waals surface area contributed by atoms with Crippen LogP contribution in [0.1, 0.15) is 27.2 Å². The lowest BCUT2D eigenvalue weighted by Crippen LogP contribution is -2.58. The van der Waals surface area contributed by atoms with Crippen molar-refractivity contribution < 1.29 is 9.47 Å². The van der Waals surface area contributed by atoms with E-state index in [0.29, 0.717) is 12.1 Å². The van der Waals surface area contributed by atoms with Gasteiger partial charge in [-0.15, -0.1) is 0 Å². The van der Waals surface area contributed by atoms with Crippen molar-refractivity contribution in [1.82, 2.24) is 4.90 Å². The molecule has 1 aromatic rings. The topological polar surface area (TPSA) is 21.7 Å². The van der Waals surface area contributed by atoms with Crippen molar-refractivity contribution in [3.8, 4) is 5.75 Å². The van der Waals surface area contributed by atoms with Gasteiger partial charge in [-0.05, 0) is 39.3 Å². The van der Waals surface area contributed by atoms with E-state index in [4.69, 9.17) is 9.47 Å². The Labute approximate surface area is 116 Å². The number of benzene rings is 1. The number of hydrogen-bond donors (Lipinski definition) is 0. The first-order valence-electron chi connectivity index (χ1n) is 7.01. The minimum absolute atomic E-state index is 0.0508. The van der Waals surface area contributed by atoms with Crippen LogP contribution in [0.2, 0.25) is 0 Å². The highest BCUT2D eigenvalue weighted by Crippen LogP contribution is 2.24. The van der Waals surface area contributed by atoms with Gasteiger partial charge in [-0.1, -0.05) is 18.2 Å². The van der Waals surface area contributed by atoms with E-state index in [1.54, 1.807) is 7.11 Å². The van der Waals surface area contributed by atoms with Crippen LogP contribution >= 0.6 is 0 Å². The molecule has 1 heterocycles. The average molecular weight is 263 g/mol. The van der Waals surface area contributed by atoms with Crippen molar-refractivity contribution in [1.29, 1.82) is 0 Å². The second-order valence-electron chi connectivity index (χ2n) is 6.02. The molecule has 0 N–H and O–H groups in total. The molecular formula is C16H25NO2. The van der Waals surface area contributed by atoms with Gasteiger partial charge in [0.25, 0.3) is 0 Å². The standard InChI is InChI=1S/C16H25NO2/c1-13(10-16(2,3)18-4)17-11-15(12-17)19-14-8-6-5-7-9-14/h5-9,13,15H,10-12H2,1-4H3. The van der Waals surface area contributed by atoms with Crippen LogP contribution in [-0.2, 0) is 4.74 Å². The van der Waals surface area contributed by atoms with E-state index in [2.05, 4.69) is 25.7 Å². The fourth-order valence-corrected chi connectivity index (χ4v) is 2.52. The molecule has 0 amide bonds. The van der Waals surface area contributed by atoms with Gasteiger partial charge < -0.3 is 9.47 Å². The Morgan fingerprint density at radius 2 is 1.89 bits per heavy atom. The summed E-state index contributed by atoms with van der Waals surface area (Å²) in [6.07, 6.45) is 1.37. The molecule has 1 atom stereocenters. The highest BCUT2D eigenvalue weighted by atomic mass is 16.5. The lowest BCUT2D eigenvalue weighted by molar-refractivity contribution is -0.0466. The van der Waals surface area contributed by atoms with Gasteiger partial charge in [0.05, 0.1) is 5.60 Å². The fraction of sp³-hybridized carbons (Fsp3) is 0.625. The third kappa shape index (κ3) is 3.95. The van der Waals surface area contributed by atoms with Crippen LogP contribution in [0.25, 0.3) is 0 Å². The molecule has 0 radical (unpaired) electrons. The Kier molecular flexibility index (Phi) is 4.48. The normalized spacial score (nSPS) is 18.9. The number of rotatable bonds is 6. The molecule has 19 heavy (non-hydrogen) atoms. The molecule has 1 unspecified atom stereocenters. The summed E-state index contributed by atoms with van der Waals surface area (Å²) in [4.78, 5) is 2.45. The SMILES string of the molecule is COC(C)(C)CC(C)N1CC(Oc2ccccc2)C1. The first kappa shape index (κ1) is 14.4. The predicted molar refractivity (Wildman–Crippen MR) is 77.6 cm³/mol. The first-order chi connectivity index (χ1) is 9.00. The Balaban J connectivity index is 1.74. The number of likely N-dealkylation sites (tertiary alicyclic amines) is 1. The second kappa shape index (κ2) is 5.93. The van der Waals surface area contributed by atoms with Crippen molar-refractivity contribution in [2.75, 3.05) is 20.2 Å². The summed E-state index contributed by atoms with van der Waals surface area (Å²) in [5.74, 6) is 0.969. The number of nitrogens with zero attached hydrogens (tertiary/aromatic N) is 1. The van der Waals surface area contributed by atoms with Crippen LogP contribution in [-0.4, -0.2) is 42.8 Å². The third-order valence-electron chi connectivity index (χ3n) is 3.89. The summed E-state index contributed by atoms with van der Waals surface area (Å²) in [6.45, 7) is 8.56. The Morgan fingerprint density at radius 3 is 2.47 bits per heavy atom. The van der Waals surface area contributed by atoms with Crippen molar-refractivity contribution in [3.05, 3.63) is 30.3 Å². The molecule has 1 aliphatic rings. The fourth-order valence-electron chi connectivity index (χ4n) is 2.52. The largest absolute Gasteiger partial charge is 0.488 e. The van der Waals surface area contributed by atoms with E-state index in [-0.39, 0.29) is 5.60 Å². The molecule has 1 fully saturated rings. The van der Waals surface area contributed by atoms with Crippen LogP contribution in [0, 0.1) is 0 Å². The maximum absolute atomic E-state index is 5.91. The molecule has 0 saturated carbocycles. The van der Waals surface area contributed by atoms with E-state index in [9.17, 15) is 0 Å². The van der Waals surface area contributed by atoms with Crippen molar-refractivity contribution in [2.24, 2.45) is 0 Å². The van der Waals surface area contributed by atoms with Gasteiger partial charge in [-0.25, -0.2) is 0 Å². The monoisotopic (exact) mass is 263 g/mol. The Bertz CT molecular complexity index is 385. The molecule has 3 nitrogen and oxygen atoms in total. The maximum Gasteiger partial charge on any atom is 0.124 e. The summed E-state index contributed by atoms with van der Waals surface area (Å²) in [5.41, 5.74) is -0.0508. The zero-order valence-corrected chi connectivity index (χ0v) is 12.4. The number of para-hydroxylation sites is 1. The van der Waals surface area contributed by atoms with Gasteiger partial charge in [-0.3, -0.25) is 4.90 Å². The van der Waals surface area contributed by atoms with Gasteiger partial charge in [0.2, 0.25) is 0 Å². The zero-order valence-electron chi connectivity index (χ0n) is 12.4. The quantitative estimate of drug-likeness (QED) is 0.787. The molecule has 0 bridgehead atoms. The van der Waals surface area contributed by atoms with Crippen LogP contribution < -0.4 is 4.74 Å². The van der Waals surface area contributed by atoms with Gasteiger partial charge in [0.15, 0.2) is 0 Å². The third-order valence-corrected chi connectivity index (χ3v) is 3.89. The maximum atomic E-state index is 5.91. The summed E-state index contributed by atoms with van der Waals surface area (Å²) in [5, 5.41) is 0. The van der Waals surface area contributed by atoms with Crippen LogP contribution in [0.4, 0.5) is 0 Å². The zero-order chi connectivity index (χ0) is 13.9. The molecule has 2 rings (SSSR count). The highest BCUT2D eigenvalue weighted by Gasteiger charge is 2.34. The van der Waals surface area contributed by atoms with E-state index < -0.39 is 0 Å². The van der Waals surface area contributed by atoms with Crippen molar-refractivity contribution in [3.63, 3.8) is 0 Å². The minimum Gasteiger partial charge on any atom is -0.488 e. The molecular weight excluding hydrogens is 238 g/mol. The Hall–Kier alpha value is -1.06. The van der Waals surface area contributed by atoms with Crippen LogP contribution in [0.5, 0.6) is 5.75 Å². The van der Waals surface area contributed by atoms with E-state index in [1.807, 2.05) is 30.3 Å². The van der Waals surface area contributed by atoms with Gasteiger partial charge in [0.1, 0.15) is 11.9 Å². The number of ether oxygens (including phenoxy) is 2. The van der Waals surface area contributed by atoms with Gasteiger partial charge in [-0.2, -0.15) is 0 Å². The summed E-state index contributed by atoms with van der Waals surface area (Å²) < 4.78 is 11.4. The van der Waals surface area contributed by atoms with Crippen molar-refractivity contribution in [2.45, 2.75) is 44.9 Å². The summed E-state index contributed by atoms with van der Waals surface area (Å²) in [6, 6.07) is 10.6. The van der Waals surface area contributed by atoms with E-state index in [1.165, 1.54) is 0 Å². The molecule has 1 aromatic carbocycles. The van der Waals surface area contributed by atoms with Gasteiger partial charge >= 0.3 is 0 Å². The molecule has 106 valence electrons. The molecule has 3 heteroatoms. The molecule has 0 aliphatic carbocycles. The van der Waals surface area contributed by atoms with Crippen LogP contribution in [0.15, 0.2) is 30.3 Å². The Morgan fingerprint density at radius 1 is 1.26 bits per heavy atom.